The maximum absolute atomic E-state index is 10.5. The quantitative estimate of drug-likeness (QED) is 0.426. The van der Waals surface area contributed by atoms with E-state index in [1.165, 1.54) is 11.8 Å². The van der Waals surface area contributed by atoms with E-state index in [1.54, 1.807) is 10.9 Å². The Morgan fingerprint density at radius 2 is 2.23 bits per heavy atom. The van der Waals surface area contributed by atoms with Crippen molar-refractivity contribution < 1.29 is 15.3 Å². The highest BCUT2D eigenvalue weighted by atomic mass is 32.2. The van der Waals surface area contributed by atoms with Gasteiger partial charge in [-0.1, -0.05) is 11.8 Å². The van der Waals surface area contributed by atoms with E-state index in [4.69, 9.17) is 5.73 Å². The first-order valence-electron chi connectivity index (χ1n) is 7.06. The van der Waals surface area contributed by atoms with Gasteiger partial charge in [0, 0.05) is 12.5 Å². The molecule has 5 atom stereocenters. The molecule has 4 rings (SSSR count). The standard InChI is InChI=1S/C13H17N5O3S/c1-22-12-16-10(14)7-11(17-12)18(4-15-7)13-2-6(13)5(3-19)8(20)9(13)21/h4-6,8-9,19-21H,2-3H2,1H3,(H2,14,16,17)/t5?,6-,8?,9?,13?/m1/s1. The van der Waals surface area contributed by atoms with Crippen molar-refractivity contribution in [3.05, 3.63) is 6.33 Å². The third-order valence-corrected chi connectivity index (χ3v) is 5.61. The van der Waals surface area contributed by atoms with Gasteiger partial charge in [0.2, 0.25) is 0 Å². The fourth-order valence-corrected chi connectivity index (χ4v) is 4.24. The molecule has 0 bridgehead atoms. The van der Waals surface area contributed by atoms with Crippen molar-refractivity contribution in [2.75, 3.05) is 18.6 Å². The minimum absolute atomic E-state index is 0.00817. The Bertz CT molecular complexity index is 753. The molecule has 2 aromatic heterocycles. The number of imidazole rings is 1. The topological polar surface area (TPSA) is 130 Å². The lowest BCUT2D eigenvalue weighted by molar-refractivity contribution is -0.0272. The second kappa shape index (κ2) is 4.54. The summed E-state index contributed by atoms with van der Waals surface area (Å²) in [5.74, 6) is -0.0195. The average molecular weight is 323 g/mol. The summed E-state index contributed by atoms with van der Waals surface area (Å²) in [6.45, 7) is -0.148. The molecular weight excluding hydrogens is 306 g/mol. The van der Waals surface area contributed by atoms with Crippen molar-refractivity contribution in [2.45, 2.75) is 29.3 Å². The van der Waals surface area contributed by atoms with Crippen molar-refractivity contribution in [3.8, 4) is 0 Å². The smallest absolute Gasteiger partial charge is 0.191 e. The molecule has 9 heteroatoms. The second-order valence-corrected chi connectivity index (χ2v) is 6.74. The van der Waals surface area contributed by atoms with Crippen LogP contribution >= 0.6 is 11.8 Å². The SMILES string of the molecule is CSc1nc(N)c2ncn(C34C[C@@H]3C(CO)C(O)C4O)c2n1. The number of nitrogen functional groups attached to an aromatic ring is 1. The molecule has 0 saturated heterocycles. The molecule has 8 nitrogen and oxygen atoms in total. The summed E-state index contributed by atoms with van der Waals surface area (Å²) < 4.78 is 1.80. The zero-order chi connectivity index (χ0) is 15.6. The molecule has 2 saturated carbocycles. The number of aliphatic hydroxyl groups excluding tert-OH is 3. The average Bonchev–Trinajstić information content (AvgIpc) is 3.01. The third-order valence-electron chi connectivity index (χ3n) is 5.06. The summed E-state index contributed by atoms with van der Waals surface area (Å²) in [6.07, 6.45) is 2.23. The van der Waals surface area contributed by atoms with Crippen molar-refractivity contribution >= 4 is 28.7 Å². The summed E-state index contributed by atoms with van der Waals surface area (Å²) in [5, 5.41) is 30.6. The van der Waals surface area contributed by atoms with Gasteiger partial charge in [-0.15, -0.1) is 0 Å². The Morgan fingerprint density at radius 3 is 2.86 bits per heavy atom. The molecule has 0 radical (unpaired) electrons. The number of hydrogen-bond donors (Lipinski definition) is 4. The molecule has 2 aliphatic carbocycles. The summed E-state index contributed by atoms with van der Waals surface area (Å²) in [6, 6.07) is 0. The molecule has 2 aromatic rings. The largest absolute Gasteiger partial charge is 0.396 e. The number of rotatable bonds is 3. The number of hydrogen-bond acceptors (Lipinski definition) is 8. The van der Waals surface area contributed by atoms with E-state index in [1.807, 2.05) is 6.26 Å². The van der Waals surface area contributed by atoms with Crippen LogP contribution in [0.4, 0.5) is 5.82 Å². The van der Waals surface area contributed by atoms with Crippen LogP contribution in [-0.4, -0.2) is 59.9 Å². The zero-order valence-electron chi connectivity index (χ0n) is 11.9. The first-order valence-corrected chi connectivity index (χ1v) is 8.29. The normalized spacial score (nSPS) is 36.7. The van der Waals surface area contributed by atoms with Crippen LogP contribution in [0.2, 0.25) is 0 Å². The van der Waals surface area contributed by atoms with Crippen LogP contribution < -0.4 is 5.73 Å². The first-order chi connectivity index (χ1) is 10.5. The second-order valence-electron chi connectivity index (χ2n) is 5.97. The maximum Gasteiger partial charge on any atom is 0.191 e. The highest BCUT2D eigenvalue weighted by Crippen LogP contribution is 2.64. The van der Waals surface area contributed by atoms with E-state index in [0.29, 0.717) is 28.6 Å². The van der Waals surface area contributed by atoms with E-state index in [0.717, 1.165) is 0 Å². The van der Waals surface area contributed by atoms with Crippen LogP contribution in [0.1, 0.15) is 6.42 Å². The number of aromatic nitrogens is 4. The van der Waals surface area contributed by atoms with Crippen LogP contribution in [0.5, 0.6) is 0 Å². The van der Waals surface area contributed by atoms with Gasteiger partial charge in [0.15, 0.2) is 16.6 Å². The fourth-order valence-electron chi connectivity index (χ4n) is 3.88. The highest BCUT2D eigenvalue weighted by molar-refractivity contribution is 7.98. The fraction of sp³-hybridized carbons (Fsp3) is 0.615. The summed E-state index contributed by atoms with van der Waals surface area (Å²) in [5.41, 5.74) is 6.32. The highest BCUT2D eigenvalue weighted by Gasteiger charge is 2.72. The predicted octanol–water partition coefficient (Wildman–Crippen LogP) is -0.811. The van der Waals surface area contributed by atoms with Crippen LogP contribution in [-0.2, 0) is 5.54 Å². The molecule has 0 amide bonds. The summed E-state index contributed by atoms with van der Waals surface area (Å²) in [7, 11) is 0. The molecule has 2 heterocycles. The van der Waals surface area contributed by atoms with E-state index >= 15 is 0 Å². The summed E-state index contributed by atoms with van der Waals surface area (Å²) in [4.78, 5) is 12.9. The van der Waals surface area contributed by atoms with Crippen LogP contribution in [0.3, 0.4) is 0 Å². The Kier molecular flexibility index (Phi) is 2.93. The lowest BCUT2D eigenvalue weighted by Gasteiger charge is -2.24. The minimum atomic E-state index is -0.957. The maximum atomic E-state index is 10.5. The molecule has 5 N–H and O–H groups in total. The minimum Gasteiger partial charge on any atom is -0.396 e. The van der Waals surface area contributed by atoms with E-state index in [2.05, 4.69) is 15.0 Å². The van der Waals surface area contributed by atoms with Gasteiger partial charge < -0.3 is 25.6 Å². The van der Waals surface area contributed by atoms with Crippen LogP contribution in [0.15, 0.2) is 11.5 Å². The molecule has 2 aliphatic rings. The Morgan fingerprint density at radius 1 is 1.45 bits per heavy atom. The van der Waals surface area contributed by atoms with Crippen molar-refractivity contribution in [1.29, 1.82) is 0 Å². The zero-order valence-corrected chi connectivity index (χ0v) is 12.7. The van der Waals surface area contributed by atoms with Gasteiger partial charge in [-0.05, 0) is 18.6 Å². The van der Waals surface area contributed by atoms with Gasteiger partial charge in [-0.3, -0.25) is 0 Å². The van der Waals surface area contributed by atoms with Gasteiger partial charge in [-0.25, -0.2) is 15.0 Å². The van der Waals surface area contributed by atoms with Crippen molar-refractivity contribution in [3.63, 3.8) is 0 Å². The molecule has 0 aliphatic heterocycles. The summed E-state index contributed by atoms with van der Waals surface area (Å²) >= 11 is 1.38. The van der Waals surface area contributed by atoms with E-state index < -0.39 is 17.7 Å². The molecule has 2 fully saturated rings. The van der Waals surface area contributed by atoms with Crippen molar-refractivity contribution in [2.24, 2.45) is 11.8 Å². The number of fused-ring (bicyclic) bond motifs is 2. The Labute approximate surface area is 130 Å². The van der Waals surface area contributed by atoms with E-state index in [9.17, 15) is 15.3 Å². The number of thioether (sulfide) groups is 1. The molecule has 4 unspecified atom stereocenters. The lowest BCUT2D eigenvalue weighted by Crippen LogP contribution is -2.38. The van der Waals surface area contributed by atoms with Gasteiger partial charge in [0.1, 0.15) is 11.6 Å². The monoisotopic (exact) mass is 323 g/mol. The number of aliphatic hydroxyl groups is 3. The Hall–Kier alpha value is -1.42. The van der Waals surface area contributed by atoms with Crippen LogP contribution in [0.25, 0.3) is 11.2 Å². The molecule has 22 heavy (non-hydrogen) atoms. The number of nitrogens with zero attached hydrogens (tertiary/aromatic N) is 4. The van der Waals surface area contributed by atoms with Crippen LogP contribution in [0, 0.1) is 11.8 Å². The molecule has 118 valence electrons. The number of anilines is 1. The lowest BCUT2D eigenvalue weighted by atomic mass is 10.0. The van der Waals surface area contributed by atoms with Gasteiger partial charge in [-0.2, -0.15) is 0 Å². The molecule has 0 aromatic carbocycles. The Balaban J connectivity index is 1.88. The third kappa shape index (κ3) is 1.56. The van der Waals surface area contributed by atoms with Gasteiger partial charge >= 0.3 is 0 Å². The molecular formula is C13H17N5O3S. The molecule has 0 spiro atoms. The number of nitrogens with two attached hydrogens (primary N) is 1. The van der Waals surface area contributed by atoms with Gasteiger partial charge in [0.25, 0.3) is 0 Å². The first kappa shape index (κ1) is 14.2. The van der Waals surface area contributed by atoms with E-state index in [-0.39, 0.29) is 18.4 Å². The van der Waals surface area contributed by atoms with Gasteiger partial charge in [0.05, 0.1) is 18.0 Å². The van der Waals surface area contributed by atoms with Crippen molar-refractivity contribution in [1.82, 2.24) is 19.5 Å². The predicted molar refractivity (Wildman–Crippen MR) is 80.2 cm³/mol.